The molecule has 1 heterocycles. The first-order valence-corrected chi connectivity index (χ1v) is 6.31. The molecule has 0 saturated heterocycles. The van der Waals surface area contributed by atoms with Crippen molar-refractivity contribution in [2.24, 2.45) is 0 Å². The van der Waals surface area contributed by atoms with Crippen molar-refractivity contribution in [1.82, 2.24) is 0 Å². The summed E-state index contributed by atoms with van der Waals surface area (Å²) in [5.74, 6) is -0.872. The first-order chi connectivity index (χ1) is 9.13. The summed E-state index contributed by atoms with van der Waals surface area (Å²) in [4.78, 5) is 11.1. The summed E-state index contributed by atoms with van der Waals surface area (Å²) in [7, 11) is 0. The van der Waals surface area contributed by atoms with Crippen LogP contribution in [-0.2, 0) is 22.6 Å². The van der Waals surface area contributed by atoms with E-state index in [1.54, 1.807) is 12.1 Å². The molecule has 98 valence electrons. The second kappa shape index (κ2) is 5.81. The third kappa shape index (κ3) is 2.91. The van der Waals surface area contributed by atoms with Crippen molar-refractivity contribution in [2.75, 3.05) is 4.31 Å². The maximum Gasteiger partial charge on any atom is 0.627 e. The zero-order valence-corrected chi connectivity index (χ0v) is 11.1. The number of aromatic carboxylic acids is 1. The van der Waals surface area contributed by atoms with Crippen molar-refractivity contribution in [2.45, 2.75) is 6.54 Å². The number of benzene rings is 1. The number of rotatable bonds is 5. The number of para-hydroxylation sites is 1. The van der Waals surface area contributed by atoms with E-state index in [4.69, 9.17) is 16.0 Å². The number of anilines is 1. The number of carboxylic acid groups (broad SMARTS) is 1. The Morgan fingerprint density at radius 3 is 2.74 bits per heavy atom. The van der Waals surface area contributed by atoms with Gasteiger partial charge in [-0.05, 0) is 18.2 Å². The quantitative estimate of drug-likeness (QED) is 0.621. The molecule has 2 rings (SSSR count). The predicted octanol–water partition coefficient (Wildman–Crippen LogP) is 1.65. The fraction of sp³-hybridized carbons (Fsp3) is 0.0833. The van der Waals surface area contributed by atoms with E-state index in [2.05, 4.69) is 0 Å². The summed E-state index contributed by atoms with van der Waals surface area (Å²) in [6, 6.07) is 7.68. The molecule has 1 aromatic carbocycles. The average Bonchev–Trinajstić information content (AvgIpc) is 2.89. The van der Waals surface area contributed by atoms with Crippen molar-refractivity contribution in [3.8, 4) is 0 Å². The van der Waals surface area contributed by atoms with E-state index in [9.17, 15) is 14.1 Å². The van der Waals surface area contributed by atoms with Gasteiger partial charge in [-0.2, -0.15) is 0 Å². The molecule has 2 aromatic rings. The van der Waals surface area contributed by atoms with Crippen LogP contribution >= 0.6 is 11.6 Å². The van der Waals surface area contributed by atoms with Crippen LogP contribution in [0.4, 0.5) is 5.69 Å². The fourth-order valence-corrected chi connectivity index (χ4v) is 2.40. The third-order valence-electron chi connectivity index (χ3n) is 2.43. The topological polar surface area (TPSA) is 73.6 Å². The Morgan fingerprint density at radius 1 is 1.37 bits per heavy atom. The zero-order valence-electron chi connectivity index (χ0n) is 9.54. The second-order valence-corrected chi connectivity index (χ2v) is 4.61. The summed E-state index contributed by atoms with van der Waals surface area (Å²) in [6.07, 6.45) is 1.47. The lowest BCUT2D eigenvalue weighted by atomic mass is 10.1. The van der Waals surface area contributed by atoms with Crippen LogP contribution in [0.2, 0.25) is 5.02 Å². The van der Waals surface area contributed by atoms with Gasteiger partial charge < -0.3 is 14.3 Å². The van der Waals surface area contributed by atoms with E-state index in [-0.39, 0.29) is 34.7 Å². The van der Waals surface area contributed by atoms with Gasteiger partial charge in [-0.25, -0.2) is 0 Å². The lowest BCUT2D eigenvalue weighted by Crippen LogP contribution is -2.27. The molecule has 0 unspecified atom stereocenters. The van der Waals surface area contributed by atoms with Crippen LogP contribution in [0.3, 0.4) is 0 Å². The van der Waals surface area contributed by atoms with E-state index in [1.165, 1.54) is 28.8 Å². The van der Waals surface area contributed by atoms with Gasteiger partial charge in [0.1, 0.15) is 18.0 Å². The molecule has 0 bridgehead atoms. The number of hydrogen-bond donors (Lipinski definition) is 0. The molecular formula is C12H8ClNO4S. The average molecular weight is 298 g/mol. The number of carboxylic acids is 1. The van der Waals surface area contributed by atoms with Crippen molar-refractivity contribution >= 4 is 35.1 Å². The Kier molecular flexibility index (Phi) is 4.13. The molecule has 0 saturated carbocycles. The number of hydrogen-bond acceptors (Lipinski definition) is 4. The number of nitrogens with zero attached hydrogens (tertiary/aromatic N) is 1. The minimum Gasteiger partial charge on any atom is -0.545 e. The van der Waals surface area contributed by atoms with Crippen molar-refractivity contribution in [3.63, 3.8) is 0 Å². The van der Waals surface area contributed by atoms with E-state index in [0.29, 0.717) is 5.76 Å². The highest BCUT2D eigenvalue weighted by atomic mass is 35.5. The largest absolute Gasteiger partial charge is 0.627 e. The lowest BCUT2D eigenvalue weighted by Gasteiger charge is -2.13. The maximum absolute atomic E-state index is 11.2. The molecule has 0 amide bonds. The lowest BCUT2D eigenvalue weighted by molar-refractivity contribution is -0.254. The Labute approximate surface area is 118 Å². The molecule has 5 nitrogen and oxygen atoms in total. The van der Waals surface area contributed by atoms with Gasteiger partial charge >= 0.3 is 11.9 Å². The molecule has 0 aliphatic heterocycles. The van der Waals surface area contributed by atoms with Crippen LogP contribution in [0.25, 0.3) is 0 Å². The highest BCUT2D eigenvalue weighted by molar-refractivity contribution is 7.67. The Balaban J connectivity index is 2.43. The monoisotopic (exact) mass is 297 g/mol. The SMILES string of the molecule is O=[S+]N(Cc1ccco1)c1c(Cl)cccc1C(=O)[O-]. The smallest absolute Gasteiger partial charge is 0.545 e. The second-order valence-electron chi connectivity index (χ2n) is 3.61. The summed E-state index contributed by atoms with van der Waals surface area (Å²) in [6.45, 7) is 0.102. The van der Waals surface area contributed by atoms with Gasteiger partial charge in [-0.1, -0.05) is 28.0 Å². The van der Waals surface area contributed by atoms with Gasteiger partial charge in [-0.15, -0.1) is 0 Å². The van der Waals surface area contributed by atoms with Gasteiger partial charge in [0.25, 0.3) is 0 Å². The Morgan fingerprint density at radius 2 is 2.16 bits per heavy atom. The highest BCUT2D eigenvalue weighted by Crippen LogP contribution is 2.30. The molecule has 7 heteroatoms. The fourth-order valence-electron chi connectivity index (χ4n) is 1.62. The molecule has 19 heavy (non-hydrogen) atoms. The summed E-state index contributed by atoms with van der Waals surface area (Å²) in [5.41, 5.74) is -0.0250. The van der Waals surface area contributed by atoms with Gasteiger partial charge in [0.05, 0.1) is 21.5 Å². The van der Waals surface area contributed by atoms with Gasteiger partial charge in [0.2, 0.25) is 0 Å². The van der Waals surface area contributed by atoms with Crippen LogP contribution < -0.4 is 9.41 Å². The predicted molar refractivity (Wildman–Crippen MR) is 68.7 cm³/mol. The van der Waals surface area contributed by atoms with Crippen molar-refractivity contribution < 1.29 is 18.5 Å². The van der Waals surface area contributed by atoms with Crippen molar-refractivity contribution in [1.29, 1.82) is 0 Å². The number of halogens is 1. The van der Waals surface area contributed by atoms with Crippen LogP contribution in [0.15, 0.2) is 41.0 Å². The molecular weight excluding hydrogens is 290 g/mol. The molecule has 0 radical (unpaired) electrons. The minimum atomic E-state index is -1.39. The number of furan rings is 1. The standard InChI is InChI=1S/C12H8ClNO4S/c13-10-5-1-4-9(12(15)16)11(10)14(19-17)7-8-3-2-6-18-8/h1-6H,7H2. The molecule has 0 aliphatic carbocycles. The minimum absolute atomic E-state index is 0.102. The first kappa shape index (κ1) is 13.5. The Hall–Kier alpha value is -1.92. The van der Waals surface area contributed by atoms with Gasteiger partial charge in [-0.3, -0.25) is 0 Å². The molecule has 0 atom stereocenters. The molecule has 0 N–H and O–H groups in total. The van der Waals surface area contributed by atoms with E-state index < -0.39 is 5.97 Å². The first-order valence-electron chi connectivity index (χ1n) is 5.23. The van der Waals surface area contributed by atoms with Crippen LogP contribution in [0.5, 0.6) is 0 Å². The van der Waals surface area contributed by atoms with E-state index in [0.717, 1.165) is 0 Å². The van der Waals surface area contributed by atoms with Crippen molar-refractivity contribution in [3.05, 3.63) is 52.9 Å². The van der Waals surface area contributed by atoms with Gasteiger partial charge in [0.15, 0.2) is 0 Å². The number of carbonyl (C=O) groups excluding carboxylic acids is 1. The van der Waals surface area contributed by atoms with Crippen LogP contribution in [0, 0.1) is 0 Å². The molecule has 1 aromatic heterocycles. The Bertz CT molecular complexity index is 600. The van der Waals surface area contributed by atoms with E-state index >= 15 is 0 Å². The summed E-state index contributed by atoms with van der Waals surface area (Å²) >= 11 is 6.09. The normalized spacial score (nSPS) is 10.2. The number of carbonyl (C=O) groups is 1. The third-order valence-corrected chi connectivity index (χ3v) is 3.22. The molecule has 0 fully saturated rings. The summed E-state index contributed by atoms with van der Waals surface area (Å²) in [5, 5.41) is 11.2. The molecule has 0 aliphatic rings. The zero-order chi connectivity index (χ0) is 13.8. The molecule has 0 spiro atoms. The van der Waals surface area contributed by atoms with Crippen LogP contribution in [-0.4, -0.2) is 5.97 Å². The van der Waals surface area contributed by atoms with Gasteiger partial charge in [0, 0.05) is 5.56 Å². The van der Waals surface area contributed by atoms with Crippen LogP contribution in [0.1, 0.15) is 16.1 Å². The maximum atomic E-state index is 11.2. The summed E-state index contributed by atoms with van der Waals surface area (Å²) < 4.78 is 17.5. The highest BCUT2D eigenvalue weighted by Gasteiger charge is 2.26. The van der Waals surface area contributed by atoms with E-state index in [1.807, 2.05) is 0 Å².